The highest BCUT2D eigenvalue weighted by atomic mass is 79.9. The van der Waals surface area contributed by atoms with Gasteiger partial charge >= 0.3 is 12.4 Å². The molecule has 0 saturated carbocycles. The number of allylic oxidation sites excluding steroid dienone is 6. The monoisotopic (exact) mass is 792 g/mol. The van der Waals surface area contributed by atoms with Gasteiger partial charge in [0.25, 0.3) is 11.8 Å². The largest absolute Gasteiger partial charge is 0.416 e. The van der Waals surface area contributed by atoms with Crippen molar-refractivity contribution >= 4 is 67.3 Å². The highest BCUT2D eigenvalue weighted by Gasteiger charge is 2.31. The number of halogens is 8. The first-order valence-electron chi connectivity index (χ1n) is 13.7. The highest BCUT2D eigenvalue weighted by Crippen LogP contribution is 2.36. The van der Waals surface area contributed by atoms with Crippen LogP contribution in [0.25, 0.3) is 10.8 Å². The number of aryl methyl sites for hydroxylation is 1. The summed E-state index contributed by atoms with van der Waals surface area (Å²) in [6.45, 7) is 12.8. The molecule has 0 aromatic heterocycles. The van der Waals surface area contributed by atoms with E-state index in [1.165, 1.54) is 19.1 Å². The lowest BCUT2D eigenvalue weighted by molar-refractivity contribution is -0.116. The van der Waals surface area contributed by atoms with Crippen LogP contribution in [0.15, 0.2) is 87.4 Å². The fourth-order valence-corrected chi connectivity index (χ4v) is 4.96. The fraction of sp³-hybridized carbons (Fsp3) is 0.273. The molecule has 0 unspecified atom stereocenters. The summed E-state index contributed by atoms with van der Waals surface area (Å²) in [5, 5.41) is 0.740. The first-order valence-corrected chi connectivity index (χ1v) is 15.3. The molecule has 6 nitrogen and oxygen atoms in total. The molecule has 0 aliphatic heterocycles. The number of carbonyl (C=O) groups is 4. The number of benzene rings is 2. The van der Waals surface area contributed by atoms with Crippen LogP contribution in [0.5, 0.6) is 0 Å². The Morgan fingerprint density at radius 3 is 1.91 bits per heavy atom. The van der Waals surface area contributed by atoms with Crippen molar-refractivity contribution in [3.05, 3.63) is 104 Å². The van der Waals surface area contributed by atoms with Gasteiger partial charge in [0, 0.05) is 32.0 Å². The number of imide groups is 2. The van der Waals surface area contributed by atoms with Gasteiger partial charge in [0.15, 0.2) is 0 Å². The lowest BCUT2D eigenvalue weighted by atomic mass is 9.94. The second-order valence-electron chi connectivity index (χ2n) is 9.77. The van der Waals surface area contributed by atoms with Crippen molar-refractivity contribution in [3.63, 3.8) is 0 Å². The predicted octanol–water partition coefficient (Wildman–Crippen LogP) is 9.58. The average molecular weight is 794 g/mol. The number of alkyl halides is 6. The minimum atomic E-state index is -4.62. The van der Waals surface area contributed by atoms with E-state index in [9.17, 15) is 45.5 Å². The Kier molecular flexibility index (Phi) is 15.7. The zero-order valence-corrected chi connectivity index (χ0v) is 29.0. The molecule has 0 atom stereocenters. The van der Waals surface area contributed by atoms with Crippen molar-refractivity contribution in [1.29, 1.82) is 0 Å². The maximum Gasteiger partial charge on any atom is 0.416 e. The summed E-state index contributed by atoms with van der Waals surface area (Å²) < 4.78 is 74.2. The Labute approximate surface area is 285 Å². The molecular weight excluding hydrogens is 762 g/mol. The minimum Gasteiger partial charge on any atom is -0.281 e. The van der Waals surface area contributed by atoms with Crippen molar-refractivity contribution in [2.75, 3.05) is 13.1 Å². The minimum absolute atomic E-state index is 0.0529. The highest BCUT2D eigenvalue weighted by molar-refractivity contribution is 9.10. The second-order valence-corrected chi connectivity index (χ2v) is 11.5. The SMILES string of the molecule is C/C=C\C(=C/C)C(F)(F)F.C=C(/C=C\C(=C)C(F)(F)F)CN(C=O)C(=O)c1c(Br)cc(C(=O)N(C=O)CCC)c2ccc(Br)c(C)c12. The van der Waals surface area contributed by atoms with Crippen LogP contribution in [0.2, 0.25) is 0 Å². The number of hydrogen-bond donors (Lipinski definition) is 0. The lowest BCUT2D eigenvalue weighted by Crippen LogP contribution is -2.33. The number of rotatable bonds is 11. The van der Waals surface area contributed by atoms with E-state index in [4.69, 9.17) is 0 Å². The van der Waals surface area contributed by atoms with Crippen LogP contribution in [0.3, 0.4) is 0 Å². The summed E-state index contributed by atoms with van der Waals surface area (Å²) in [6.07, 6.45) is -2.41. The summed E-state index contributed by atoms with van der Waals surface area (Å²) in [5.74, 6) is -1.32. The van der Waals surface area contributed by atoms with Crippen molar-refractivity contribution in [2.24, 2.45) is 0 Å². The topological polar surface area (TPSA) is 74.8 Å². The Morgan fingerprint density at radius 1 is 0.872 bits per heavy atom. The predicted molar refractivity (Wildman–Crippen MR) is 177 cm³/mol. The maximum atomic E-state index is 13.5. The summed E-state index contributed by atoms with van der Waals surface area (Å²) in [7, 11) is 0. The van der Waals surface area contributed by atoms with Gasteiger partial charge in [-0.2, -0.15) is 26.3 Å². The van der Waals surface area contributed by atoms with Crippen LogP contribution in [0, 0.1) is 6.92 Å². The number of fused-ring (bicyclic) bond motifs is 1. The Morgan fingerprint density at radius 2 is 1.47 bits per heavy atom. The van der Waals surface area contributed by atoms with E-state index >= 15 is 0 Å². The van der Waals surface area contributed by atoms with E-state index in [1.54, 1.807) is 26.0 Å². The van der Waals surface area contributed by atoms with Crippen LogP contribution in [0.4, 0.5) is 26.3 Å². The van der Waals surface area contributed by atoms with Crippen LogP contribution < -0.4 is 0 Å². The molecule has 0 saturated heterocycles. The van der Waals surface area contributed by atoms with Crippen molar-refractivity contribution < 1.29 is 45.5 Å². The Bertz CT molecular complexity index is 1630. The normalized spacial score (nSPS) is 12.1. The van der Waals surface area contributed by atoms with Crippen molar-refractivity contribution in [3.8, 4) is 0 Å². The first kappa shape index (κ1) is 41.2. The van der Waals surface area contributed by atoms with Gasteiger partial charge in [-0.15, -0.1) is 0 Å². The van der Waals surface area contributed by atoms with Crippen LogP contribution in [0.1, 0.15) is 53.5 Å². The average Bonchev–Trinajstić information content (AvgIpc) is 3.00. The molecule has 14 heteroatoms. The van der Waals surface area contributed by atoms with Gasteiger partial charge < -0.3 is 0 Å². The molecule has 2 rings (SSSR count). The third kappa shape index (κ3) is 11.2. The van der Waals surface area contributed by atoms with Gasteiger partial charge in [-0.05, 0) is 71.8 Å². The third-order valence-corrected chi connectivity index (χ3v) is 7.86. The van der Waals surface area contributed by atoms with Gasteiger partial charge in [0.1, 0.15) is 0 Å². The molecule has 2 aromatic rings. The molecule has 0 spiro atoms. The number of amides is 4. The summed E-state index contributed by atoms with van der Waals surface area (Å²) in [4.78, 5) is 51.8. The number of hydrogen-bond acceptors (Lipinski definition) is 4. The number of nitrogens with zero attached hydrogens (tertiary/aromatic N) is 2. The summed E-state index contributed by atoms with van der Waals surface area (Å²) in [5.41, 5.74) is -0.839. The van der Waals surface area contributed by atoms with Crippen LogP contribution in [-0.2, 0) is 9.59 Å². The molecule has 0 N–H and O–H groups in total. The van der Waals surface area contributed by atoms with E-state index < -0.39 is 35.3 Å². The Balaban J connectivity index is 0.000000950. The molecule has 47 heavy (non-hydrogen) atoms. The molecule has 4 amide bonds. The summed E-state index contributed by atoms with van der Waals surface area (Å²) in [6, 6.07) is 4.72. The molecule has 0 radical (unpaired) electrons. The molecule has 0 heterocycles. The van der Waals surface area contributed by atoms with Gasteiger partial charge in [-0.3, -0.25) is 29.0 Å². The molecular formula is C33H32Br2F6N2O4. The zero-order chi connectivity index (χ0) is 36.3. The first-order chi connectivity index (χ1) is 21.8. The van der Waals surface area contributed by atoms with E-state index in [-0.39, 0.29) is 40.7 Å². The van der Waals surface area contributed by atoms with E-state index in [0.717, 1.165) is 28.0 Å². The molecule has 0 fully saturated rings. The molecule has 2 aromatic carbocycles. The second kappa shape index (κ2) is 17.9. The van der Waals surface area contributed by atoms with E-state index in [1.807, 2.05) is 6.92 Å². The van der Waals surface area contributed by atoms with Gasteiger partial charge in [0.05, 0.1) is 17.7 Å². The number of carbonyl (C=O) groups excluding carboxylic acids is 4. The fourth-order valence-electron chi connectivity index (χ4n) is 4.03. The van der Waals surface area contributed by atoms with Crippen LogP contribution >= 0.6 is 31.9 Å². The molecule has 0 bridgehead atoms. The van der Waals surface area contributed by atoms with Crippen molar-refractivity contribution in [2.45, 2.75) is 46.5 Å². The third-order valence-electron chi connectivity index (χ3n) is 6.38. The van der Waals surface area contributed by atoms with E-state index in [2.05, 4.69) is 45.0 Å². The van der Waals surface area contributed by atoms with Gasteiger partial charge in [0.2, 0.25) is 12.8 Å². The summed E-state index contributed by atoms with van der Waals surface area (Å²) >= 11 is 6.74. The van der Waals surface area contributed by atoms with Gasteiger partial charge in [-0.1, -0.05) is 72.5 Å². The maximum absolute atomic E-state index is 13.5. The lowest BCUT2D eigenvalue weighted by Gasteiger charge is -2.22. The molecule has 0 aliphatic carbocycles. The molecule has 0 aliphatic rings. The van der Waals surface area contributed by atoms with E-state index in [0.29, 0.717) is 39.7 Å². The van der Waals surface area contributed by atoms with Crippen molar-refractivity contribution in [1.82, 2.24) is 9.80 Å². The molecule has 254 valence electrons. The standard InChI is InChI=1S/C26H23Br2F3N2O4.C7H9F3/c1-5-10-32(13-34)24(36)19-11-21(28)23(22-17(4)20(27)9-8-18(19)22)25(37)33(14-35)12-15(2)6-7-16(3)26(29,30)31;1-3-5-6(4-2)7(8,9)10/h6-9,11,13-14H,2-3,5,10,12H2,1,4H3;3-5H,1-2H3/b7-6-;5-3-,6-4+. The Hall–Kier alpha value is -3.78. The zero-order valence-electron chi connectivity index (χ0n) is 25.9. The quantitative estimate of drug-likeness (QED) is 0.129. The van der Waals surface area contributed by atoms with Crippen LogP contribution in [-0.4, -0.2) is 59.9 Å². The smallest absolute Gasteiger partial charge is 0.281 e. The van der Waals surface area contributed by atoms with Gasteiger partial charge in [-0.25, -0.2) is 0 Å².